The normalized spacial score (nSPS) is 21.2. The van der Waals surface area contributed by atoms with E-state index in [1.165, 1.54) is 0 Å². The Balaban J connectivity index is 2.53. The number of nitrogens with one attached hydrogen (secondary N) is 2. The molecule has 1 heterocycles. The highest BCUT2D eigenvalue weighted by atomic mass is 14.9. The van der Waals surface area contributed by atoms with Crippen molar-refractivity contribution in [2.75, 3.05) is 52.4 Å². The van der Waals surface area contributed by atoms with Crippen LogP contribution in [0.25, 0.3) is 0 Å². The van der Waals surface area contributed by atoms with Crippen LogP contribution < -0.4 is 10.6 Å². The molecule has 2 N–H and O–H groups in total. The lowest BCUT2D eigenvalue weighted by atomic mass is 10.2. The predicted molar refractivity (Wildman–Crippen MR) is 107 cm³/mol. The van der Waals surface area contributed by atoms with Gasteiger partial charge in [0, 0.05) is 61.9 Å². The molecule has 1 rings (SSSR count). The summed E-state index contributed by atoms with van der Waals surface area (Å²) in [5.74, 6) is 0. The molecular formula is C18H34N6. The molecule has 0 aliphatic carbocycles. The first-order valence-corrected chi connectivity index (χ1v) is 8.99. The summed E-state index contributed by atoms with van der Waals surface area (Å²) >= 11 is 0. The Morgan fingerprint density at radius 1 is 0.500 bits per heavy atom. The predicted octanol–water partition coefficient (Wildman–Crippen LogP) is 1.80. The van der Waals surface area contributed by atoms with Gasteiger partial charge < -0.3 is 10.6 Å². The smallest absolute Gasteiger partial charge is 0.0513 e. The lowest BCUT2D eigenvalue weighted by Gasteiger charge is -2.06. The molecule has 0 aromatic heterocycles. The van der Waals surface area contributed by atoms with Crippen LogP contribution in [0, 0.1) is 0 Å². The summed E-state index contributed by atoms with van der Waals surface area (Å²) < 4.78 is 0. The molecule has 0 radical (unpaired) electrons. The van der Waals surface area contributed by atoms with Crippen molar-refractivity contribution < 1.29 is 0 Å². The van der Waals surface area contributed by atoms with Crippen LogP contribution in [0.2, 0.25) is 0 Å². The van der Waals surface area contributed by atoms with E-state index in [0.717, 1.165) is 88.0 Å². The number of rotatable bonds is 0. The second kappa shape index (κ2) is 13.0. The van der Waals surface area contributed by atoms with Crippen molar-refractivity contribution in [3.63, 3.8) is 0 Å². The molecule has 0 unspecified atom stereocenters. The highest BCUT2D eigenvalue weighted by Gasteiger charge is 1.98. The first-order chi connectivity index (χ1) is 11.6. The second-order valence-electron chi connectivity index (χ2n) is 6.32. The van der Waals surface area contributed by atoms with E-state index in [2.05, 4.69) is 58.3 Å². The Morgan fingerprint density at radius 3 is 1.00 bits per heavy atom. The summed E-state index contributed by atoms with van der Waals surface area (Å²) in [4.78, 5) is 18.4. The molecule has 0 saturated heterocycles. The summed E-state index contributed by atoms with van der Waals surface area (Å²) in [7, 11) is 0. The highest BCUT2D eigenvalue weighted by molar-refractivity contribution is 6.02. The fraction of sp³-hybridized carbons (Fsp3) is 0.778. The van der Waals surface area contributed by atoms with Crippen molar-refractivity contribution in [2.45, 2.75) is 40.5 Å². The van der Waals surface area contributed by atoms with Gasteiger partial charge in [-0.1, -0.05) is 0 Å². The molecule has 1 aliphatic rings. The van der Waals surface area contributed by atoms with Crippen LogP contribution in [0.15, 0.2) is 20.0 Å². The minimum absolute atomic E-state index is 0.815. The van der Waals surface area contributed by atoms with E-state index >= 15 is 0 Å². The van der Waals surface area contributed by atoms with Crippen LogP contribution in [0.5, 0.6) is 0 Å². The molecule has 0 bridgehead atoms. The molecule has 1 aliphatic heterocycles. The maximum atomic E-state index is 4.60. The number of nitrogens with zero attached hydrogens (tertiary/aromatic N) is 4. The molecule has 0 spiro atoms. The first-order valence-electron chi connectivity index (χ1n) is 8.99. The fourth-order valence-electron chi connectivity index (χ4n) is 2.52. The summed E-state index contributed by atoms with van der Waals surface area (Å²) in [6, 6.07) is 0. The summed E-state index contributed by atoms with van der Waals surface area (Å²) in [5.41, 5.74) is 4.61. The van der Waals surface area contributed by atoms with Gasteiger partial charge in [-0.25, -0.2) is 0 Å². The van der Waals surface area contributed by atoms with Gasteiger partial charge in [-0.3, -0.25) is 20.0 Å². The Labute approximate surface area is 147 Å². The number of hydrogen-bond donors (Lipinski definition) is 2. The molecular weight excluding hydrogens is 300 g/mol. The lowest BCUT2D eigenvalue weighted by molar-refractivity contribution is 0.694. The number of hydrogen-bond acceptors (Lipinski definition) is 6. The minimum Gasteiger partial charge on any atom is -0.313 e. The van der Waals surface area contributed by atoms with Gasteiger partial charge in [-0.05, 0) is 27.7 Å². The molecule has 6 nitrogen and oxygen atoms in total. The van der Waals surface area contributed by atoms with Gasteiger partial charge in [0.15, 0.2) is 0 Å². The van der Waals surface area contributed by atoms with Crippen molar-refractivity contribution in [3.05, 3.63) is 0 Å². The van der Waals surface area contributed by atoms with Gasteiger partial charge >= 0.3 is 0 Å². The average molecular weight is 335 g/mol. The summed E-state index contributed by atoms with van der Waals surface area (Å²) in [6.07, 6.45) is 1.74. The van der Waals surface area contributed by atoms with Crippen molar-refractivity contribution in [1.29, 1.82) is 0 Å². The minimum atomic E-state index is 0.815. The third kappa shape index (κ3) is 11.2. The molecule has 0 amide bonds. The summed E-state index contributed by atoms with van der Waals surface area (Å²) in [6.45, 7) is 15.2. The molecule has 0 saturated carbocycles. The van der Waals surface area contributed by atoms with Crippen molar-refractivity contribution >= 4 is 22.8 Å². The largest absolute Gasteiger partial charge is 0.313 e. The van der Waals surface area contributed by atoms with E-state index in [9.17, 15) is 0 Å². The SMILES string of the molecule is CC1=NCCNCCN=C(C)CC(C)=NCCNCCN=C(C)C1. The van der Waals surface area contributed by atoms with E-state index in [-0.39, 0.29) is 0 Å². The zero-order chi connectivity index (χ0) is 17.6. The van der Waals surface area contributed by atoms with Crippen LogP contribution in [-0.4, -0.2) is 75.2 Å². The Bertz CT molecular complexity index is 392. The zero-order valence-corrected chi connectivity index (χ0v) is 15.9. The molecule has 136 valence electrons. The molecule has 0 fully saturated rings. The van der Waals surface area contributed by atoms with E-state index < -0.39 is 0 Å². The summed E-state index contributed by atoms with van der Waals surface area (Å²) in [5, 5.41) is 6.78. The van der Waals surface area contributed by atoms with Crippen LogP contribution in [0.4, 0.5) is 0 Å². The van der Waals surface area contributed by atoms with Crippen molar-refractivity contribution in [1.82, 2.24) is 10.6 Å². The maximum Gasteiger partial charge on any atom is 0.0513 e. The Morgan fingerprint density at radius 2 is 0.750 bits per heavy atom. The van der Waals surface area contributed by atoms with Crippen LogP contribution >= 0.6 is 0 Å². The third-order valence-electron chi connectivity index (χ3n) is 3.70. The maximum absolute atomic E-state index is 4.60. The van der Waals surface area contributed by atoms with Crippen LogP contribution in [0.3, 0.4) is 0 Å². The van der Waals surface area contributed by atoms with E-state index in [1.54, 1.807) is 0 Å². The standard InChI is InChI=1S/C18H34N6/c1-15-13-16(2)22-10-6-20-8-12-24-18(4)14-17(3)23-11-7-19-5-9-21-15/h19-20H,5-14H2,1-4H3. The van der Waals surface area contributed by atoms with Crippen LogP contribution in [-0.2, 0) is 0 Å². The van der Waals surface area contributed by atoms with Gasteiger partial charge in [0.05, 0.1) is 26.2 Å². The van der Waals surface area contributed by atoms with E-state index in [0.29, 0.717) is 0 Å². The first kappa shape index (κ1) is 20.6. The van der Waals surface area contributed by atoms with Gasteiger partial charge in [-0.15, -0.1) is 0 Å². The average Bonchev–Trinajstić information content (AvgIpc) is 2.52. The quantitative estimate of drug-likeness (QED) is 0.709. The molecule has 24 heavy (non-hydrogen) atoms. The van der Waals surface area contributed by atoms with Gasteiger partial charge in [0.2, 0.25) is 0 Å². The lowest BCUT2D eigenvalue weighted by Crippen LogP contribution is -2.22. The highest BCUT2D eigenvalue weighted by Crippen LogP contribution is 1.93. The van der Waals surface area contributed by atoms with E-state index in [4.69, 9.17) is 0 Å². The topological polar surface area (TPSA) is 73.5 Å². The molecule has 6 heteroatoms. The Hall–Kier alpha value is -1.40. The van der Waals surface area contributed by atoms with Crippen LogP contribution in [0.1, 0.15) is 40.5 Å². The van der Waals surface area contributed by atoms with Crippen molar-refractivity contribution in [2.24, 2.45) is 20.0 Å². The molecule has 0 aromatic carbocycles. The van der Waals surface area contributed by atoms with Gasteiger partial charge in [0.25, 0.3) is 0 Å². The number of aliphatic imine (C=N–C) groups is 4. The van der Waals surface area contributed by atoms with E-state index in [1.807, 2.05) is 0 Å². The molecule has 0 aromatic rings. The zero-order valence-electron chi connectivity index (χ0n) is 15.9. The third-order valence-corrected chi connectivity index (χ3v) is 3.70. The monoisotopic (exact) mass is 334 g/mol. The Kier molecular flexibility index (Phi) is 11.1. The second-order valence-corrected chi connectivity index (χ2v) is 6.32. The van der Waals surface area contributed by atoms with Crippen molar-refractivity contribution in [3.8, 4) is 0 Å². The fourth-order valence-corrected chi connectivity index (χ4v) is 2.52. The van der Waals surface area contributed by atoms with Gasteiger partial charge in [-0.2, -0.15) is 0 Å². The van der Waals surface area contributed by atoms with Gasteiger partial charge in [0.1, 0.15) is 0 Å². The molecule has 0 atom stereocenters.